The van der Waals surface area contributed by atoms with E-state index >= 15 is 0 Å². The van der Waals surface area contributed by atoms with Crippen LogP contribution in [0.1, 0.15) is 30.0 Å². The number of aryl methyl sites for hydroxylation is 2. The average molecular weight is 715 g/mol. The molecule has 1 aliphatic rings. The predicted octanol–water partition coefficient (Wildman–Crippen LogP) is 6.31. The van der Waals surface area contributed by atoms with E-state index < -0.39 is 23.8 Å². The minimum atomic E-state index is -0.911. The number of hydrogen-bond acceptors (Lipinski definition) is 7. The third-order valence-corrected chi connectivity index (χ3v) is 7.36. The van der Waals surface area contributed by atoms with Crippen molar-refractivity contribution >= 4 is 73.1 Å². The lowest BCUT2D eigenvalue weighted by molar-refractivity contribution is -0.122. The molecule has 1 saturated heterocycles. The van der Waals surface area contributed by atoms with E-state index in [-0.39, 0.29) is 23.6 Å². The minimum Gasteiger partial charge on any atom is -0.493 e. The fourth-order valence-corrected chi connectivity index (χ4v) is 5.66. The van der Waals surface area contributed by atoms with Crippen LogP contribution in [0.2, 0.25) is 0 Å². The van der Waals surface area contributed by atoms with Gasteiger partial charge < -0.3 is 19.5 Å². The molecule has 224 valence electrons. The summed E-state index contributed by atoms with van der Waals surface area (Å²) >= 11 is 6.85. The standard InChI is InChI=1S/C31H29Br2N3O7/c1-5-10-42-25-9-7-21(15-26(25)41-4)36-30(39)22(29(38)35-31(36)40)13-19-12-20(32)14-23(33)28(19)43-16-27(37)34-24-8-6-17(2)11-18(24)3/h6-9,11-15H,5,10,16H2,1-4H3,(H,34,37)(H,35,38,40)/b22-13-. The number of barbiturate groups is 1. The molecule has 0 saturated carbocycles. The topological polar surface area (TPSA) is 123 Å². The normalized spacial score (nSPS) is 14.0. The summed E-state index contributed by atoms with van der Waals surface area (Å²) in [5.41, 5.74) is 2.81. The molecule has 0 radical (unpaired) electrons. The lowest BCUT2D eigenvalue weighted by Crippen LogP contribution is -2.54. The number of anilines is 2. The first kappa shape index (κ1) is 31.8. The molecular formula is C31H29Br2N3O7. The van der Waals surface area contributed by atoms with Gasteiger partial charge in [-0.3, -0.25) is 19.7 Å². The monoisotopic (exact) mass is 713 g/mol. The van der Waals surface area contributed by atoms with Gasteiger partial charge in [-0.25, -0.2) is 9.69 Å². The van der Waals surface area contributed by atoms with Crippen LogP contribution in [0.4, 0.5) is 16.2 Å². The van der Waals surface area contributed by atoms with E-state index in [1.807, 2.05) is 39.0 Å². The summed E-state index contributed by atoms with van der Waals surface area (Å²) in [6.07, 6.45) is 2.09. The molecule has 10 nitrogen and oxygen atoms in total. The van der Waals surface area contributed by atoms with Gasteiger partial charge in [0.25, 0.3) is 17.7 Å². The molecule has 3 aromatic rings. The van der Waals surface area contributed by atoms with Crippen LogP contribution in [0.3, 0.4) is 0 Å². The maximum atomic E-state index is 13.6. The van der Waals surface area contributed by atoms with Crippen molar-refractivity contribution < 1.29 is 33.4 Å². The Bertz CT molecular complexity index is 1640. The molecule has 12 heteroatoms. The molecule has 0 spiro atoms. The van der Waals surface area contributed by atoms with Gasteiger partial charge in [0.2, 0.25) is 0 Å². The third-order valence-electron chi connectivity index (χ3n) is 6.31. The highest BCUT2D eigenvalue weighted by Crippen LogP contribution is 2.36. The van der Waals surface area contributed by atoms with Crippen LogP contribution in [-0.4, -0.2) is 44.1 Å². The average Bonchev–Trinajstić information content (AvgIpc) is 2.95. The summed E-state index contributed by atoms with van der Waals surface area (Å²) in [5, 5.41) is 5.03. The summed E-state index contributed by atoms with van der Waals surface area (Å²) in [7, 11) is 1.44. The van der Waals surface area contributed by atoms with Gasteiger partial charge in [-0.2, -0.15) is 0 Å². The molecule has 0 unspecified atom stereocenters. The summed E-state index contributed by atoms with van der Waals surface area (Å²) in [5.74, 6) is -1.14. The van der Waals surface area contributed by atoms with Gasteiger partial charge in [-0.15, -0.1) is 0 Å². The first-order chi connectivity index (χ1) is 20.5. The van der Waals surface area contributed by atoms with E-state index in [1.54, 1.807) is 18.2 Å². The number of ether oxygens (including phenoxy) is 3. The molecule has 1 fully saturated rings. The molecule has 5 amide bonds. The lowest BCUT2D eigenvalue weighted by atomic mass is 10.1. The van der Waals surface area contributed by atoms with Crippen molar-refractivity contribution in [2.75, 3.05) is 30.5 Å². The van der Waals surface area contributed by atoms with Crippen molar-refractivity contribution in [3.05, 3.63) is 79.7 Å². The molecule has 43 heavy (non-hydrogen) atoms. The van der Waals surface area contributed by atoms with E-state index in [1.165, 1.54) is 25.3 Å². The van der Waals surface area contributed by atoms with Gasteiger partial charge in [0.15, 0.2) is 18.1 Å². The van der Waals surface area contributed by atoms with Crippen LogP contribution in [0.15, 0.2) is 63.0 Å². The molecule has 1 heterocycles. The number of amides is 5. The number of carbonyl (C=O) groups excluding carboxylic acids is 4. The Hall–Kier alpha value is -4.16. The summed E-state index contributed by atoms with van der Waals surface area (Å²) < 4.78 is 18.0. The van der Waals surface area contributed by atoms with Gasteiger partial charge in [0.05, 0.1) is 23.9 Å². The molecule has 0 bridgehead atoms. The van der Waals surface area contributed by atoms with Crippen molar-refractivity contribution in [2.24, 2.45) is 0 Å². The van der Waals surface area contributed by atoms with E-state index in [9.17, 15) is 19.2 Å². The van der Waals surface area contributed by atoms with Crippen molar-refractivity contribution in [3.63, 3.8) is 0 Å². The second-order valence-electron chi connectivity index (χ2n) is 9.60. The van der Waals surface area contributed by atoms with Crippen LogP contribution in [0, 0.1) is 13.8 Å². The molecule has 0 aliphatic carbocycles. The molecule has 1 aliphatic heterocycles. The van der Waals surface area contributed by atoms with Gasteiger partial charge in [0.1, 0.15) is 11.3 Å². The Morgan fingerprint density at radius 3 is 2.47 bits per heavy atom. The predicted molar refractivity (Wildman–Crippen MR) is 170 cm³/mol. The Balaban J connectivity index is 1.62. The van der Waals surface area contributed by atoms with Gasteiger partial charge in [0, 0.05) is 21.8 Å². The fourth-order valence-electron chi connectivity index (χ4n) is 4.29. The van der Waals surface area contributed by atoms with Crippen LogP contribution >= 0.6 is 31.9 Å². The Kier molecular flexibility index (Phi) is 10.3. The van der Waals surface area contributed by atoms with Crippen LogP contribution in [-0.2, 0) is 14.4 Å². The summed E-state index contributed by atoms with van der Waals surface area (Å²) in [6.45, 7) is 5.93. The number of carbonyl (C=O) groups is 4. The van der Waals surface area contributed by atoms with Crippen molar-refractivity contribution in [2.45, 2.75) is 27.2 Å². The van der Waals surface area contributed by atoms with Crippen molar-refractivity contribution in [1.82, 2.24) is 5.32 Å². The lowest BCUT2D eigenvalue weighted by Gasteiger charge is -2.27. The molecule has 3 aromatic carbocycles. The summed E-state index contributed by atoms with van der Waals surface area (Å²) in [6, 6.07) is 12.7. The van der Waals surface area contributed by atoms with E-state index in [4.69, 9.17) is 14.2 Å². The molecule has 0 aromatic heterocycles. The van der Waals surface area contributed by atoms with Crippen LogP contribution in [0.5, 0.6) is 17.2 Å². The Morgan fingerprint density at radius 1 is 1.00 bits per heavy atom. The highest BCUT2D eigenvalue weighted by molar-refractivity contribution is 9.11. The number of nitrogens with zero attached hydrogens (tertiary/aromatic N) is 1. The van der Waals surface area contributed by atoms with Crippen molar-refractivity contribution in [1.29, 1.82) is 0 Å². The number of imide groups is 2. The largest absolute Gasteiger partial charge is 0.493 e. The van der Waals surface area contributed by atoms with Crippen molar-refractivity contribution in [3.8, 4) is 17.2 Å². The Labute approximate surface area is 265 Å². The van der Waals surface area contributed by atoms with E-state index in [0.29, 0.717) is 38.3 Å². The number of hydrogen-bond donors (Lipinski definition) is 2. The highest BCUT2D eigenvalue weighted by atomic mass is 79.9. The Morgan fingerprint density at radius 2 is 1.77 bits per heavy atom. The maximum Gasteiger partial charge on any atom is 0.335 e. The van der Waals surface area contributed by atoms with Crippen LogP contribution < -0.4 is 29.7 Å². The fraction of sp³-hybridized carbons (Fsp3) is 0.226. The third kappa shape index (κ3) is 7.44. The smallest absolute Gasteiger partial charge is 0.335 e. The minimum absolute atomic E-state index is 0.177. The molecule has 2 N–H and O–H groups in total. The first-order valence-electron chi connectivity index (χ1n) is 13.2. The highest BCUT2D eigenvalue weighted by Gasteiger charge is 2.37. The molecular weight excluding hydrogens is 686 g/mol. The van der Waals surface area contributed by atoms with Crippen LogP contribution in [0.25, 0.3) is 6.08 Å². The van der Waals surface area contributed by atoms with Gasteiger partial charge in [-0.05, 0) is 78.2 Å². The number of urea groups is 1. The number of methoxy groups -OCH3 is 1. The zero-order valence-corrected chi connectivity index (χ0v) is 27.1. The zero-order valence-electron chi connectivity index (χ0n) is 23.9. The first-order valence-corrected chi connectivity index (χ1v) is 14.8. The second kappa shape index (κ2) is 13.9. The van der Waals surface area contributed by atoms with Gasteiger partial charge in [-0.1, -0.05) is 40.5 Å². The number of benzene rings is 3. The van der Waals surface area contributed by atoms with E-state index in [2.05, 4.69) is 42.5 Å². The number of halogens is 2. The second-order valence-corrected chi connectivity index (χ2v) is 11.4. The maximum absolute atomic E-state index is 13.6. The SMILES string of the molecule is CCCOc1ccc(N2C(=O)NC(=O)/C(=C/c3cc(Br)cc(Br)c3OCC(=O)Nc3ccc(C)cc3C)C2=O)cc1OC. The quantitative estimate of drug-likeness (QED) is 0.186. The summed E-state index contributed by atoms with van der Waals surface area (Å²) in [4.78, 5) is 52.8. The number of rotatable bonds is 10. The van der Waals surface area contributed by atoms with E-state index in [0.717, 1.165) is 22.4 Å². The van der Waals surface area contributed by atoms with Gasteiger partial charge >= 0.3 is 6.03 Å². The molecule has 0 atom stereocenters. The number of nitrogens with one attached hydrogen (secondary N) is 2. The zero-order chi connectivity index (χ0) is 31.3. The molecule has 4 rings (SSSR count).